The Hall–Kier alpha value is -5.04. The molecule has 1 aliphatic rings. The third-order valence-corrected chi connectivity index (χ3v) is 7.52. The van der Waals surface area contributed by atoms with Crippen LogP contribution in [-0.4, -0.2) is 51.5 Å². The minimum Gasteiger partial charge on any atom is -0.450 e. The van der Waals surface area contributed by atoms with Gasteiger partial charge in [-0.25, -0.2) is 18.4 Å². The first-order valence-electron chi connectivity index (χ1n) is 13.8. The van der Waals surface area contributed by atoms with Crippen LogP contribution in [-0.2, 0) is 4.74 Å². The summed E-state index contributed by atoms with van der Waals surface area (Å²) in [5.41, 5.74) is 3.47. The highest BCUT2D eigenvalue weighted by Crippen LogP contribution is 2.39. The largest absolute Gasteiger partial charge is 0.511 e. The van der Waals surface area contributed by atoms with Gasteiger partial charge in [-0.3, -0.25) is 15.0 Å². The van der Waals surface area contributed by atoms with Crippen molar-refractivity contribution < 1.29 is 43.0 Å². The van der Waals surface area contributed by atoms with Gasteiger partial charge in [0.25, 0.3) is 5.69 Å². The Bertz CT molecular complexity index is 1710. The minimum absolute atomic E-state index is 0.0538. The second-order valence-corrected chi connectivity index (χ2v) is 11.1. The van der Waals surface area contributed by atoms with Gasteiger partial charge < -0.3 is 19.7 Å². The summed E-state index contributed by atoms with van der Waals surface area (Å²) in [6.07, 6.45) is -3.81. The molecule has 1 fully saturated rings. The maximum atomic E-state index is 14.0. The molecular weight excluding hydrogens is 661 g/mol. The Morgan fingerprint density at radius 1 is 0.830 bits per heavy atom. The van der Waals surface area contributed by atoms with Crippen molar-refractivity contribution in [2.75, 3.05) is 13.1 Å². The number of likely N-dealkylation sites (tertiary alicyclic amines) is 1. The van der Waals surface area contributed by atoms with E-state index in [4.69, 9.17) is 38.2 Å². The Balaban J connectivity index is 0.000000323. The molecule has 1 saturated heterocycles. The molecule has 0 amide bonds. The van der Waals surface area contributed by atoms with Crippen LogP contribution in [0.3, 0.4) is 0 Å². The molecule has 4 aromatic carbocycles. The highest BCUT2D eigenvalue weighted by Gasteiger charge is 2.34. The highest BCUT2D eigenvalue weighted by atomic mass is 35.5. The van der Waals surface area contributed by atoms with Crippen LogP contribution in [0.15, 0.2) is 96.6 Å². The lowest BCUT2D eigenvalue weighted by atomic mass is 9.87. The van der Waals surface area contributed by atoms with Crippen molar-refractivity contribution in [1.29, 1.82) is 0 Å². The number of ether oxygens (including phenoxy) is 2. The van der Waals surface area contributed by atoms with E-state index in [-0.39, 0.29) is 23.0 Å². The summed E-state index contributed by atoms with van der Waals surface area (Å²) in [7, 11) is 0. The first-order chi connectivity index (χ1) is 22.3. The molecule has 0 aliphatic carbocycles. The van der Waals surface area contributed by atoms with E-state index in [2.05, 4.69) is 9.64 Å². The molecule has 0 spiro atoms. The standard InChI is InChI=1S/C26H21Cl2F2NO3.C7H5NO5/c1-15(34-26(32)33)24(18-10-22(29)12-23(30)11-18)19-13-31(14-19)25(16-2-6-20(27)7-3-16)17-4-8-21(28)9-5-17;9-7(10)13-6-3-1-5(2-4-6)8(11)12/h2-12,15,25H,13-14H2,1H3,(H,32,33);1-4H,(H,9,10). The Kier molecular flexibility index (Phi) is 11.5. The van der Waals surface area contributed by atoms with Crippen molar-refractivity contribution in [3.05, 3.63) is 145 Å². The third kappa shape index (κ3) is 9.49. The van der Waals surface area contributed by atoms with Crippen molar-refractivity contribution in [2.24, 2.45) is 0 Å². The van der Waals surface area contributed by atoms with Crippen molar-refractivity contribution in [1.82, 2.24) is 4.90 Å². The zero-order chi connectivity index (χ0) is 34.2. The number of carboxylic acid groups (broad SMARTS) is 2. The van der Waals surface area contributed by atoms with Gasteiger partial charge in [0.1, 0.15) is 23.5 Å². The van der Waals surface area contributed by atoms with Gasteiger partial charge in [-0.1, -0.05) is 47.5 Å². The molecule has 244 valence electrons. The van der Waals surface area contributed by atoms with Crippen LogP contribution in [0.1, 0.15) is 29.7 Å². The average molecular weight is 687 g/mol. The molecule has 14 heteroatoms. The quantitative estimate of drug-likeness (QED) is 0.0805. The van der Waals surface area contributed by atoms with Gasteiger partial charge >= 0.3 is 12.3 Å². The molecule has 5 rings (SSSR count). The smallest absolute Gasteiger partial charge is 0.450 e. The average Bonchev–Trinajstić information content (AvgIpc) is 2.97. The van der Waals surface area contributed by atoms with Gasteiger partial charge in [0.15, 0.2) is 0 Å². The van der Waals surface area contributed by atoms with Gasteiger partial charge in [-0.05, 0) is 77.7 Å². The van der Waals surface area contributed by atoms with Gasteiger partial charge in [0.2, 0.25) is 0 Å². The molecule has 0 saturated carbocycles. The predicted octanol–water partition coefficient (Wildman–Crippen LogP) is 8.87. The monoisotopic (exact) mass is 686 g/mol. The number of halogens is 4. The van der Waals surface area contributed by atoms with Crippen molar-refractivity contribution in [3.63, 3.8) is 0 Å². The number of rotatable bonds is 8. The van der Waals surface area contributed by atoms with Crippen LogP contribution in [0.5, 0.6) is 5.75 Å². The number of non-ortho nitro benzene ring substituents is 1. The SMILES string of the molecule is CC(OC(=O)O)C(=C1CN(C(c2ccc(Cl)cc2)c2ccc(Cl)cc2)C1)c1cc(F)cc(F)c1.O=C(O)Oc1ccc([N+](=O)[O-])cc1. The third-order valence-electron chi connectivity index (χ3n) is 7.02. The fraction of sp³-hybridized carbons (Fsp3) is 0.152. The summed E-state index contributed by atoms with van der Waals surface area (Å²) in [5, 5.41) is 28.7. The van der Waals surface area contributed by atoms with Crippen LogP contribution >= 0.6 is 23.2 Å². The van der Waals surface area contributed by atoms with E-state index in [1.165, 1.54) is 24.3 Å². The molecule has 1 heterocycles. The second-order valence-electron chi connectivity index (χ2n) is 10.2. The van der Waals surface area contributed by atoms with E-state index >= 15 is 0 Å². The van der Waals surface area contributed by atoms with Crippen LogP contribution in [0.25, 0.3) is 5.57 Å². The number of hydrogen-bond acceptors (Lipinski definition) is 7. The van der Waals surface area contributed by atoms with Crippen molar-refractivity contribution in [2.45, 2.75) is 19.1 Å². The molecule has 0 bridgehead atoms. The first kappa shape index (κ1) is 34.8. The Morgan fingerprint density at radius 3 is 1.74 bits per heavy atom. The van der Waals surface area contributed by atoms with Crippen LogP contribution in [0.4, 0.5) is 24.1 Å². The topological polar surface area (TPSA) is 139 Å². The number of benzene rings is 4. The summed E-state index contributed by atoms with van der Waals surface area (Å²) in [5.74, 6) is -1.43. The molecule has 0 aromatic heterocycles. The molecule has 47 heavy (non-hydrogen) atoms. The summed E-state index contributed by atoms with van der Waals surface area (Å²) in [4.78, 5) is 33.0. The first-order valence-corrected chi connectivity index (χ1v) is 14.5. The number of nitrogens with zero attached hydrogens (tertiary/aromatic N) is 2. The predicted molar refractivity (Wildman–Crippen MR) is 170 cm³/mol. The van der Waals surface area contributed by atoms with E-state index in [1.54, 1.807) is 6.92 Å². The van der Waals surface area contributed by atoms with E-state index in [0.29, 0.717) is 28.7 Å². The zero-order valence-electron chi connectivity index (χ0n) is 24.5. The second kappa shape index (κ2) is 15.5. The summed E-state index contributed by atoms with van der Waals surface area (Å²) < 4.78 is 37.1. The number of carbonyl (C=O) groups is 2. The molecule has 1 unspecified atom stereocenters. The summed E-state index contributed by atoms with van der Waals surface area (Å²) in [6, 6.07) is 22.8. The number of nitro benzene ring substituents is 1. The Labute approximate surface area is 277 Å². The lowest BCUT2D eigenvalue weighted by molar-refractivity contribution is -0.384. The molecule has 0 radical (unpaired) electrons. The van der Waals surface area contributed by atoms with E-state index in [1.807, 2.05) is 48.5 Å². The maximum absolute atomic E-state index is 14.0. The lowest BCUT2D eigenvalue weighted by Gasteiger charge is -2.43. The molecule has 10 nitrogen and oxygen atoms in total. The van der Waals surface area contributed by atoms with E-state index in [0.717, 1.165) is 34.9 Å². The van der Waals surface area contributed by atoms with Crippen LogP contribution < -0.4 is 4.74 Å². The van der Waals surface area contributed by atoms with Crippen LogP contribution in [0, 0.1) is 21.7 Å². The summed E-state index contributed by atoms with van der Waals surface area (Å²) >= 11 is 12.2. The van der Waals surface area contributed by atoms with Gasteiger partial charge in [-0.15, -0.1) is 0 Å². The van der Waals surface area contributed by atoms with Crippen molar-refractivity contribution >= 4 is 46.8 Å². The Morgan fingerprint density at radius 2 is 1.32 bits per heavy atom. The van der Waals surface area contributed by atoms with Gasteiger partial charge in [-0.2, -0.15) is 0 Å². The van der Waals surface area contributed by atoms with Crippen molar-refractivity contribution in [3.8, 4) is 5.75 Å². The fourth-order valence-electron chi connectivity index (χ4n) is 5.08. The van der Waals surface area contributed by atoms with Gasteiger partial charge in [0.05, 0.1) is 11.0 Å². The molecule has 1 aliphatic heterocycles. The van der Waals surface area contributed by atoms with E-state index in [9.17, 15) is 28.5 Å². The maximum Gasteiger partial charge on any atom is 0.511 e. The molecular formula is C33H26Cl2F2N2O8. The molecule has 4 aromatic rings. The normalized spacial score (nSPS) is 13.1. The number of hydrogen-bond donors (Lipinski definition) is 2. The van der Waals surface area contributed by atoms with Gasteiger partial charge in [0, 0.05) is 46.9 Å². The number of nitro groups is 1. The lowest BCUT2D eigenvalue weighted by Crippen LogP contribution is -2.44. The molecule has 1 atom stereocenters. The summed E-state index contributed by atoms with van der Waals surface area (Å²) in [6.45, 7) is 2.46. The minimum atomic E-state index is -1.46. The molecule has 2 N–H and O–H groups in total. The highest BCUT2D eigenvalue weighted by molar-refractivity contribution is 6.30. The van der Waals surface area contributed by atoms with E-state index < -0.39 is 35.0 Å². The van der Waals surface area contributed by atoms with Crippen LogP contribution in [0.2, 0.25) is 10.0 Å². The fourth-order valence-corrected chi connectivity index (χ4v) is 5.34. The zero-order valence-corrected chi connectivity index (χ0v) is 26.0.